The maximum absolute atomic E-state index is 13.0. The highest BCUT2D eigenvalue weighted by Crippen LogP contribution is 2.32. The maximum Gasteiger partial charge on any atom is 0.308 e. The van der Waals surface area contributed by atoms with E-state index in [2.05, 4.69) is 15.9 Å². The summed E-state index contributed by atoms with van der Waals surface area (Å²) in [4.78, 5) is 10.4. The number of aliphatic carboxylic acids is 1. The molecule has 0 atom stereocenters. The van der Waals surface area contributed by atoms with E-state index in [-0.39, 0.29) is 5.56 Å². The van der Waals surface area contributed by atoms with Crippen LogP contribution >= 0.6 is 15.9 Å². The van der Waals surface area contributed by atoms with Crippen molar-refractivity contribution in [3.8, 4) is 5.75 Å². The van der Waals surface area contributed by atoms with Crippen LogP contribution in [0.1, 0.15) is 11.1 Å². The Balaban J connectivity index is 3.31. The van der Waals surface area contributed by atoms with Crippen molar-refractivity contribution in [1.82, 2.24) is 0 Å². The smallest absolute Gasteiger partial charge is 0.308 e. The molecule has 5 heteroatoms. The molecular formula is C9H8BrFO3. The van der Waals surface area contributed by atoms with Gasteiger partial charge in [0, 0.05) is 10.0 Å². The Morgan fingerprint density at radius 3 is 2.71 bits per heavy atom. The average molecular weight is 263 g/mol. The monoisotopic (exact) mass is 262 g/mol. The molecule has 3 nitrogen and oxygen atoms in total. The van der Waals surface area contributed by atoms with Crippen molar-refractivity contribution in [1.29, 1.82) is 0 Å². The molecule has 0 fully saturated rings. The third-order valence-electron chi connectivity index (χ3n) is 1.79. The van der Waals surface area contributed by atoms with Gasteiger partial charge in [-0.05, 0) is 18.6 Å². The second kappa shape index (κ2) is 3.96. The van der Waals surface area contributed by atoms with Crippen LogP contribution in [0.3, 0.4) is 0 Å². The normalized spacial score (nSPS) is 10.2. The fourth-order valence-corrected chi connectivity index (χ4v) is 1.56. The number of carboxylic acids is 1. The first-order chi connectivity index (χ1) is 6.43. The Bertz CT molecular complexity index is 364. The summed E-state index contributed by atoms with van der Waals surface area (Å²) in [6.45, 7) is 1.62. The predicted octanol–water partition coefficient (Wildman–Crippen LogP) is 2.23. The van der Waals surface area contributed by atoms with E-state index in [9.17, 15) is 14.3 Å². The molecule has 14 heavy (non-hydrogen) atoms. The summed E-state index contributed by atoms with van der Waals surface area (Å²) in [5.41, 5.74) is 0.617. The van der Waals surface area contributed by atoms with Crippen molar-refractivity contribution in [2.24, 2.45) is 0 Å². The number of phenolic OH excluding ortho intramolecular Hbond substituents is 1. The van der Waals surface area contributed by atoms with E-state index in [1.807, 2.05) is 0 Å². The Kier molecular flexibility index (Phi) is 3.10. The van der Waals surface area contributed by atoms with Gasteiger partial charge in [0.2, 0.25) is 0 Å². The Hall–Kier alpha value is -1.10. The van der Waals surface area contributed by atoms with Crippen LogP contribution in [0.25, 0.3) is 0 Å². The third kappa shape index (κ3) is 2.04. The van der Waals surface area contributed by atoms with Crippen molar-refractivity contribution in [2.75, 3.05) is 0 Å². The largest absolute Gasteiger partial charge is 0.505 e. The van der Waals surface area contributed by atoms with Crippen molar-refractivity contribution in [2.45, 2.75) is 13.3 Å². The highest BCUT2D eigenvalue weighted by molar-refractivity contribution is 9.10. The van der Waals surface area contributed by atoms with Gasteiger partial charge in [-0.1, -0.05) is 15.9 Å². The number of halogens is 2. The van der Waals surface area contributed by atoms with E-state index in [1.165, 1.54) is 0 Å². The number of carbonyl (C=O) groups is 1. The predicted molar refractivity (Wildman–Crippen MR) is 51.8 cm³/mol. The van der Waals surface area contributed by atoms with E-state index >= 15 is 0 Å². The lowest BCUT2D eigenvalue weighted by Gasteiger charge is -2.08. The summed E-state index contributed by atoms with van der Waals surface area (Å²) in [6, 6.07) is 1.14. The summed E-state index contributed by atoms with van der Waals surface area (Å²) in [7, 11) is 0. The fraction of sp³-hybridized carbons (Fsp3) is 0.222. The molecule has 0 bridgehead atoms. The van der Waals surface area contributed by atoms with Crippen LogP contribution in [-0.4, -0.2) is 16.2 Å². The molecule has 0 aliphatic heterocycles. The summed E-state index contributed by atoms with van der Waals surface area (Å²) in [6.07, 6.45) is -0.412. The van der Waals surface area contributed by atoms with E-state index in [4.69, 9.17) is 5.11 Å². The van der Waals surface area contributed by atoms with Crippen molar-refractivity contribution in [3.63, 3.8) is 0 Å². The lowest BCUT2D eigenvalue weighted by Crippen LogP contribution is -2.03. The van der Waals surface area contributed by atoms with Gasteiger partial charge in [0.1, 0.15) is 0 Å². The standard InChI is InChI=1S/C9H8BrFO3/c1-4-2-6(11)9(14)5(8(4)10)3-7(12)13/h2,14H,3H2,1H3,(H,12,13). The first-order valence-corrected chi connectivity index (χ1v) is 4.61. The number of hydrogen-bond acceptors (Lipinski definition) is 2. The fourth-order valence-electron chi connectivity index (χ4n) is 1.12. The Morgan fingerprint density at radius 2 is 2.21 bits per heavy atom. The highest BCUT2D eigenvalue weighted by atomic mass is 79.9. The molecule has 0 spiro atoms. The summed E-state index contributed by atoms with van der Waals surface area (Å²) < 4.78 is 13.4. The summed E-state index contributed by atoms with van der Waals surface area (Å²) >= 11 is 3.10. The molecule has 0 heterocycles. The van der Waals surface area contributed by atoms with Gasteiger partial charge in [0.25, 0.3) is 0 Å². The Morgan fingerprint density at radius 1 is 1.64 bits per heavy atom. The quantitative estimate of drug-likeness (QED) is 0.860. The zero-order valence-electron chi connectivity index (χ0n) is 7.34. The van der Waals surface area contributed by atoms with Gasteiger partial charge in [-0.3, -0.25) is 4.79 Å². The maximum atomic E-state index is 13.0. The minimum Gasteiger partial charge on any atom is -0.505 e. The van der Waals surface area contributed by atoms with Crippen LogP contribution in [0.2, 0.25) is 0 Å². The van der Waals surface area contributed by atoms with E-state index in [0.29, 0.717) is 10.0 Å². The second-order valence-corrected chi connectivity index (χ2v) is 3.68. The molecule has 0 unspecified atom stereocenters. The van der Waals surface area contributed by atoms with Crippen LogP contribution in [0.4, 0.5) is 4.39 Å². The van der Waals surface area contributed by atoms with Gasteiger partial charge in [0.05, 0.1) is 6.42 Å². The molecule has 0 aromatic heterocycles. The Labute approximate surface area is 88.3 Å². The molecule has 0 aliphatic rings. The van der Waals surface area contributed by atoms with Crippen molar-refractivity contribution < 1.29 is 19.4 Å². The van der Waals surface area contributed by atoms with Gasteiger partial charge >= 0.3 is 5.97 Å². The van der Waals surface area contributed by atoms with Gasteiger partial charge in [-0.15, -0.1) is 0 Å². The molecule has 0 saturated heterocycles. The molecule has 76 valence electrons. The number of benzene rings is 1. The topological polar surface area (TPSA) is 57.5 Å². The van der Waals surface area contributed by atoms with E-state index in [0.717, 1.165) is 6.07 Å². The summed E-state index contributed by atoms with van der Waals surface area (Å²) in [5, 5.41) is 17.8. The molecule has 2 N–H and O–H groups in total. The van der Waals surface area contributed by atoms with E-state index < -0.39 is 24.0 Å². The third-order valence-corrected chi connectivity index (χ3v) is 2.90. The number of aryl methyl sites for hydroxylation is 1. The zero-order valence-corrected chi connectivity index (χ0v) is 8.93. The number of phenols is 1. The first kappa shape index (κ1) is 11.0. The van der Waals surface area contributed by atoms with Crippen LogP contribution in [0.5, 0.6) is 5.75 Å². The van der Waals surface area contributed by atoms with Crippen molar-refractivity contribution in [3.05, 3.63) is 27.5 Å². The van der Waals surface area contributed by atoms with E-state index in [1.54, 1.807) is 6.92 Å². The highest BCUT2D eigenvalue weighted by Gasteiger charge is 2.16. The van der Waals surface area contributed by atoms with Gasteiger partial charge in [-0.25, -0.2) is 4.39 Å². The molecule has 0 radical (unpaired) electrons. The molecule has 0 amide bonds. The number of rotatable bonds is 2. The SMILES string of the molecule is Cc1cc(F)c(O)c(CC(=O)O)c1Br. The number of hydrogen-bond donors (Lipinski definition) is 2. The molecule has 1 aromatic rings. The summed E-state index contributed by atoms with van der Waals surface area (Å²) in [5.74, 6) is -2.53. The number of carboxylic acid groups (broad SMARTS) is 1. The van der Waals surface area contributed by atoms with Crippen molar-refractivity contribution >= 4 is 21.9 Å². The first-order valence-electron chi connectivity index (χ1n) is 3.81. The lowest BCUT2D eigenvalue weighted by molar-refractivity contribution is -0.136. The van der Waals surface area contributed by atoms with Gasteiger partial charge in [-0.2, -0.15) is 0 Å². The molecular weight excluding hydrogens is 255 g/mol. The molecule has 1 rings (SSSR count). The lowest BCUT2D eigenvalue weighted by atomic mass is 10.1. The average Bonchev–Trinajstić information content (AvgIpc) is 2.09. The van der Waals surface area contributed by atoms with Crippen LogP contribution in [-0.2, 0) is 11.2 Å². The molecule has 0 saturated carbocycles. The number of aromatic hydroxyl groups is 1. The molecule has 1 aromatic carbocycles. The van der Waals surface area contributed by atoms with Gasteiger partial charge in [0.15, 0.2) is 11.6 Å². The van der Waals surface area contributed by atoms with Crippen LogP contribution < -0.4 is 0 Å². The second-order valence-electron chi connectivity index (χ2n) is 2.89. The minimum atomic E-state index is -1.12. The zero-order chi connectivity index (χ0) is 10.9. The van der Waals surface area contributed by atoms with Gasteiger partial charge < -0.3 is 10.2 Å². The van der Waals surface area contributed by atoms with Crippen LogP contribution in [0.15, 0.2) is 10.5 Å². The van der Waals surface area contributed by atoms with Crippen LogP contribution in [0, 0.1) is 12.7 Å². The molecule has 0 aliphatic carbocycles. The minimum absolute atomic E-state index is 0.0648.